The predicted octanol–water partition coefficient (Wildman–Crippen LogP) is 4.33. The number of amides is 1. The van der Waals surface area contributed by atoms with Crippen molar-refractivity contribution in [2.75, 3.05) is 20.3 Å². The molecule has 1 aliphatic carbocycles. The fourth-order valence-corrected chi connectivity index (χ4v) is 4.73. The molecule has 3 atom stereocenters. The van der Waals surface area contributed by atoms with Gasteiger partial charge in [0, 0.05) is 24.8 Å². The molecule has 0 spiro atoms. The van der Waals surface area contributed by atoms with Crippen LogP contribution in [0.25, 0.3) is 0 Å². The van der Waals surface area contributed by atoms with E-state index in [4.69, 9.17) is 4.74 Å². The summed E-state index contributed by atoms with van der Waals surface area (Å²) < 4.78 is 10.7. The minimum Gasteiger partial charge on any atom is -0.493 e. The number of benzene rings is 1. The quantitative estimate of drug-likeness (QED) is 0.302. The average Bonchev–Trinajstić information content (AvgIpc) is 3.19. The van der Waals surface area contributed by atoms with Gasteiger partial charge < -0.3 is 19.9 Å². The first-order valence-electron chi connectivity index (χ1n) is 12.0. The molecule has 0 bridgehead atoms. The van der Waals surface area contributed by atoms with Crippen molar-refractivity contribution in [3.05, 3.63) is 42.0 Å². The van der Waals surface area contributed by atoms with Gasteiger partial charge in [-0.05, 0) is 55.7 Å². The third-order valence-electron chi connectivity index (χ3n) is 6.74. The van der Waals surface area contributed by atoms with Gasteiger partial charge in [-0.15, -0.1) is 0 Å². The lowest BCUT2D eigenvalue weighted by atomic mass is 9.83. The van der Waals surface area contributed by atoms with Crippen LogP contribution >= 0.6 is 0 Å². The smallest absolute Gasteiger partial charge is 0.305 e. The summed E-state index contributed by atoms with van der Waals surface area (Å²) in [7, 11) is 1.40. The van der Waals surface area contributed by atoms with E-state index in [1.165, 1.54) is 26.4 Å². The van der Waals surface area contributed by atoms with Gasteiger partial charge in [0.05, 0.1) is 19.8 Å². The van der Waals surface area contributed by atoms with E-state index < -0.39 is 6.10 Å². The van der Waals surface area contributed by atoms with Gasteiger partial charge in [-0.1, -0.05) is 43.5 Å². The van der Waals surface area contributed by atoms with E-state index in [1.807, 2.05) is 36.4 Å². The Labute approximate surface area is 191 Å². The molecule has 0 radical (unpaired) electrons. The van der Waals surface area contributed by atoms with Gasteiger partial charge in [0.1, 0.15) is 5.75 Å². The zero-order valence-corrected chi connectivity index (χ0v) is 19.1. The molecule has 1 saturated carbocycles. The molecular formula is C26H37NO5. The Morgan fingerprint density at radius 2 is 2.06 bits per heavy atom. The fourth-order valence-electron chi connectivity index (χ4n) is 4.73. The molecule has 176 valence electrons. The maximum Gasteiger partial charge on any atom is 0.305 e. The van der Waals surface area contributed by atoms with Crippen molar-refractivity contribution in [1.82, 2.24) is 5.32 Å². The van der Waals surface area contributed by atoms with Gasteiger partial charge in [-0.2, -0.15) is 0 Å². The minimum absolute atomic E-state index is 0.0688. The number of allylic oxidation sites excluding steroid dienone is 2. The van der Waals surface area contributed by atoms with Gasteiger partial charge in [-0.25, -0.2) is 0 Å². The number of aliphatic hydroxyl groups is 1. The van der Waals surface area contributed by atoms with Crippen molar-refractivity contribution >= 4 is 11.9 Å². The summed E-state index contributed by atoms with van der Waals surface area (Å²) in [6.45, 7) is 1.08. The molecule has 2 aliphatic rings. The number of nitrogens with one attached hydrogen (secondary N) is 1. The highest BCUT2D eigenvalue weighted by Crippen LogP contribution is 2.35. The van der Waals surface area contributed by atoms with E-state index >= 15 is 0 Å². The van der Waals surface area contributed by atoms with Crippen LogP contribution in [-0.2, 0) is 14.3 Å². The summed E-state index contributed by atoms with van der Waals surface area (Å²) in [6.07, 6.45) is 12.1. The normalized spacial score (nSPS) is 22.6. The maximum absolute atomic E-state index is 12.3. The summed E-state index contributed by atoms with van der Waals surface area (Å²) >= 11 is 0. The zero-order chi connectivity index (χ0) is 22.8. The lowest BCUT2D eigenvalue weighted by Gasteiger charge is -2.27. The molecule has 6 heteroatoms. The number of ether oxygens (including phenoxy) is 2. The number of carbonyl (C=O) groups is 2. The van der Waals surface area contributed by atoms with Crippen molar-refractivity contribution < 1.29 is 24.2 Å². The van der Waals surface area contributed by atoms with E-state index in [2.05, 4.69) is 10.1 Å². The lowest BCUT2D eigenvalue weighted by Crippen LogP contribution is -2.22. The molecule has 2 fully saturated rings. The number of hydrogen-bond acceptors (Lipinski definition) is 5. The van der Waals surface area contributed by atoms with Crippen molar-refractivity contribution in [2.24, 2.45) is 17.8 Å². The predicted molar refractivity (Wildman–Crippen MR) is 123 cm³/mol. The van der Waals surface area contributed by atoms with Crippen molar-refractivity contribution in [3.8, 4) is 5.75 Å². The molecule has 1 amide bonds. The standard InChI is InChI=1S/C26H37NO5/c1-31-24(28)15-8-3-2-7-14-23-21(17-27-26(23)30)18-32-22-13-9-12-20(16-22)25(29)19-10-5-4-6-11-19/h2,7,9,12-13,16,19,21,23,25,29H,3-6,8,10-11,14-15,17-18H2,1H3,(H,27,30)/b7-2-/t21-,23-,25?/m1/s1. The number of aliphatic hydroxyl groups excluding tert-OH is 1. The van der Waals surface area contributed by atoms with E-state index in [0.29, 0.717) is 31.9 Å². The van der Waals surface area contributed by atoms with E-state index in [1.54, 1.807) is 0 Å². The molecule has 1 heterocycles. The Morgan fingerprint density at radius 1 is 1.25 bits per heavy atom. The second kappa shape index (κ2) is 12.6. The van der Waals surface area contributed by atoms with Gasteiger partial charge in [-0.3, -0.25) is 9.59 Å². The van der Waals surface area contributed by atoms with Gasteiger partial charge in [0.15, 0.2) is 0 Å². The van der Waals surface area contributed by atoms with E-state index in [0.717, 1.165) is 37.0 Å². The largest absolute Gasteiger partial charge is 0.493 e. The Kier molecular flexibility index (Phi) is 9.60. The summed E-state index contributed by atoms with van der Waals surface area (Å²) in [4.78, 5) is 23.4. The molecule has 1 unspecified atom stereocenters. The Bertz CT molecular complexity index is 771. The summed E-state index contributed by atoms with van der Waals surface area (Å²) in [5, 5.41) is 13.7. The second-order valence-corrected chi connectivity index (χ2v) is 9.01. The van der Waals surface area contributed by atoms with Crippen LogP contribution in [0.5, 0.6) is 5.75 Å². The van der Waals surface area contributed by atoms with Crippen LogP contribution in [0.4, 0.5) is 0 Å². The SMILES string of the molecule is COC(=O)CCC/C=C\C[C@H]1C(=O)NC[C@@H]1COc1cccc(C(O)C2CCCCC2)c1. The highest BCUT2D eigenvalue weighted by Gasteiger charge is 2.34. The number of methoxy groups -OCH3 is 1. The third kappa shape index (κ3) is 7.09. The van der Waals surface area contributed by atoms with Crippen LogP contribution in [0, 0.1) is 17.8 Å². The van der Waals surface area contributed by atoms with Gasteiger partial charge in [0.25, 0.3) is 0 Å². The fraction of sp³-hybridized carbons (Fsp3) is 0.615. The zero-order valence-electron chi connectivity index (χ0n) is 19.1. The highest BCUT2D eigenvalue weighted by molar-refractivity contribution is 5.81. The number of esters is 1. The molecular weight excluding hydrogens is 406 g/mol. The first kappa shape index (κ1) is 24.3. The van der Waals surface area contributed by atoms with Gasteiger partial charge in [0.2, 0.25) is 5.91 Å². The van der Waals surface area contributed by atoms with Crippen LogP contribution in [0.15, 0.2) is 36.4 Å². The molecule has 1 saturated heterocycles. The third-order valence-corrected chi connectivity index (χ3v) is 6.74. The molecule has 1 aromatic rings. The Morgan fingerprint density at radius 3 is 2.84 bits per heavy atom. The Hall–Kier alpha value is -2.34. The Balaban J connectivity index is 1.47. The molecule has 32 heavy (non-hydrogen) atoms. The van der Waals surface area contributed by atoms with Crippen LogP contribution in [-0.4, -0.2) is 37.2 Å². The van der Waals surface area contributed by atoms with Crippen LogP contribution in [0.1, 0.15) is 69.5 Å². The summed E-state index contributed by atoms with van der Waals surface area (Å²) in [6, 6.07) is 7.76. The van der Waals surface area contributed by atoms with E-state index in [-0.39, 0.29) is 23.7 Å². The summed E-state index contributed by atoms with van der Waals surface area (Å²) in [5.74, 6) is 0.950. The minimum atomic E-state index is -0.439. The topological polar surface area (TPSA) is 84.9 Å². The molecule has 1 aromatic carbocycles. The van der Waals surface area contributed by atoms with Crippen LogP contribution in [0.2, 0.25) is 0 Å². The second-order valence-electron chi connectivity index (χ2n) is 9.01. The number of hydrogen-bond donors (Lipinski definition) is 2. The molecule has 0 aromatic heterocycles. The number of rotatable bonds is 11. The molecule has 3 rings (SSSR count). The van der Waals surface area contributed by atoms with Crippen molar-refractivity contribution in [3.63, 3.8) is 0 Å². The molecule has 1 aliphatic heterocycles. The van der Waals surface area contributed by atoms with Crippen LogP contribution in [0.3, 0.4) is 0 Å². The van der Waals surface area contributed by atoms with Crippen molar-refractivity contribution in [2.45, 2.75) is 63.9 Å². The summed E-state index contributed by atoms with van der Waals surface area (Å²) in [5.41, 5.74) is 0.918. The maximum atomic E-state index is 12.3. The number of carbonyl (C=O) groups excluding carboxylic acids is 2. The molecule has 2 N–H and O–H groups in total. The first-order valence-corrected chi connectivity index (χ1v) is 12.0. The van der Waals surface area contributed by atoms with Crippen LogP contribution < -0.4 is 10.1 Å². The van der Waals surface area contributed by atoms with Crippen molar-refractivity contribution in [1.29, 1.82) is 0 Å². The lowest BCUT2D eigenvalue weighted by molar-refractivity contribution is -0.140. The van der Waals surface area contributed by atoms with Gasteiger partial charge >= 0.3 is 5.97 Å². The average molecular weight is 444 g/mol. The van der Waals surface area contributed by atoms with E-state index in [9.17, 15) is 14.7 Å². The number of unbranched alkanes of at least 4 members (excludes halogenated alkanes) is 1. The highest BCUT2D eigenvalue weighted by atomic mass is 16.5. The first-order chi connectivity index (χ1) is 15.6. The molecule has 6 nitrogen and oxygen atoms in total. The monoisotopic (exact) mass is 443 g/mol.